The van der Waals surface area contributed by atoms with Crippen molar-refractivity contribution in [1.82, 2.24) is 15.3 Å². The van der Waals surface area contributed by atoms with Crippen LogP contribution in [-0.4, -0.2) is 23.0 Å². The van der Waals surface area contributed by atoms with Gasteiger partial charge in [-0.1, -0.05) is 26.0 Å². The molecule has 2 aromatic carbocycles. The monoisotopic (exact) mass is 495 g/mol. The molecule has 1 unspecified atom stereocenters. The van der Waals surface area contributed by atoms with Crippen LogP contribution >= 0.6 is 0 Å². The number of carbonyl (C=O) groups is 1. The van der Waals surface area contributed by atoms with Crippen LogP contribution in [0.5, 0.6) is 5.75 Å². The number of H-pyrrole nitrogens is 1. The Morgan fingerprint density at radius 1 is 1.09 bits per heavy atom. The standard InChI is InChI=1S/C24H22F5N3O3/c1-12(2)22(14-5-6-15(16(25)10-14)24(27,28)29)32-23(34)18-11-21(33)31-20(30-18)9-13-4-7-19(35-3)17(26)8-13/h4-8,10-12,22H,9H2,1-3H3,(H,32,34)(H,30,31,33). The van der Waals surface area contributed by atoms with E-state index in [-0.39, 0.29) is 35.2 Å². The van der Waals surface area contributed by atoms with Crippen molar-refractivity contribution < 1.29 is 31.5 Å². The summed E-state index contributed by atoms with van der Waals surface area (Å²) in [5.74, 6) is -3.05. The van der Waals surface area contributed by atoms with Crippen molar-refractivity contribution in [1.29, 1.82) is 0 Å². The highest BCUT2D eigenvalue weighted by atomic mass is 19.4. The summed E-state index contributed by atoms with van der Waals surface area (Å²) in [6, 6.07) is 6.72. The third-order valence-electron chi connectivity index (χ3n) is 5.22. The summed E-state index contributed by atoms with van der Waals surface area (Å²) in [5, 5.41) is 2.60. The van der Waals surface area contributed by atoms with Crippen LogP contribution in [0.3, 0.4) is 0 Å². The molecular weight excluding hydrogens is 473 g/mol. The molecule has 0 bridgehead atoms. The molecule has 11 heteroatoms. The summed E-state index contributed by atoms with van der Waals surface area (Å²) in [6.07, 6.45) is -4.84. The molecule has 2 N–H and O–H groups in total. The maximum Gasteiger partial charge on any atom is 0.419 e. The van der Waals surface area contributed by atoms with E-state index in [1.54, 1.807) is 19.9 Å². The van der Waals surface area contributed by atoms with Crippen LogP contribution in [0.4, 0.5) is 22.0 Å². The minimum Gasteiger partial charge on any atom is -0.494 e. The predicted octanol–water partition coefficient (Wildman–Crippen LogP) is 4.79. The first-order valence-electron chi connectivity index (χ1n) is 10.5. The average molecular weight is 495 g/mol. The first-order valence-corrected chi connectivity index (χ1v) is 10.5. The maximum absolute atomic E-state index is 14.1. The summed E-state index contributed by atoms with van der Waals surface area (Å²) >= 11 is 0. The second-order valence-corrected chi connectivity index (χ2v) is 8.16. The van der Waals surface area contributed by atoms with Gasteiger partial charge >= 0.3 is 6.18 Å². The lowest BCUT2D eigenvalue weighted by atomic mass is 9.94. The van der Waals surface area contributed by atoms with E-state index in [1.165, 1.54) is 19.2 Å². The normalized spacial score (nSPS) is 12.5. The molecule has 0 aliphatic carbocycles. The molecule has 0 radical (unpaired) electrons. The van der Waals surface area contributed by atoms with Crippen LogP contribution in [0, 0.1) is 17.6 Å². The van der Waals surface area contributed by atoms with Gasteiger partial charge in [0.15, 0.2) is 11.6 Å². The third-order valence-corrected chi connectivity index (χ3v) is 5.22. The minimum absolute atomic E-state index is 0.00893. The SMILES string of the molecule is COc1ccc(Cc2nc(C(=O)NC(c3ccc(C(F)(F)F)c(F)c3)C(C)C)cc(=O)[nH]2)cc1F. The Hall–Kier alpha value is -3.76. The Morgan fingerprint density at radius 2 is 1.80 bits per heavy atom. The van der Waals surface area contributed by atoms with E-state index >= 15 is 0 Å². The second kappa shape index (κ2) is 10.2. The van der Waals surface area contributed by atoms with Crippen molar-refractivity contribution in [2.45, 2.75) is 32.5 Å². The summed E-state index contributed by atoms with van der Waals surface area (Å²) in [5.41, 5.74) is -1.71. The average Bonchev–Trinajstić information content (AvgIpc) is 2.76. The molecule has 6 nitrogen and oxygen atoms in total. The molecule has 35 heavy (non-hydrogen) atoms. The molecule has 186 valence electrons. The lowest BCUT2D eigenvalue weighted by Crippen LogP contribution is -2.33. The Morgan fingerprint density at radius 3 is 2.37 bits per heavy atom. The number of amides is 1. The van der Waals surface area contributed by atoms with Gasteiger partial charge in [0.1, 0.15) is 17.3 Å². The fraction of sp³-hybridized carbons (Fsp3) is 0.292. The molecule has 1 amide bonds. The molecule has 0 fully saturated rings. The Kier molecular flexibility index (Phi) is 7.57. The zero-order valence-corrected chi connectivity index (χ0v) is 19.0. The van der Waals surface area contributed by atoms with Crippen LogP contribution in [0.25, 0.3) is 0 Å². The molecule has 1 atom stereocenters. The molecule has 3 rings (SSSR count). The van der Waals surface area contributed by atoms with E-state index in [0.29, 0.717) is 11.6 Å². The highest BCUT2D eigenvalue weighted by molar-refractivity contribution is 5.92. The smallest absolute Gasteiger partial charge is 0.419 e. The number of aromatic nitrogens is 2. The van der Waals surface area contributed by atoms with Gasteiger partial charge in [-0.05, 0) is 41.3 Å². The lowest BCUT2D eigenvalue weighted by molar-refractivity contribution is -0.140. The van der Waals surface area contributed by atoms with Crippen molar-refractivity contribution in [3.8, 4) is 5.75 Å². The van der Waals surface area contributed by atoms with Crippen molar-refractivity contribution in [3.63, 3.8) is 0 Å². The molecule has 0 aliphatic heterocycles. The van der Waals surface area contributed by atoms with Gasteiger partial charge in [-0.15, -0.1) is 0 Å². The van der Waals surface area contributed by atoms with E-state index in [1.807, 2.05) is 0 Å². The number of nitrogens with zero attached hydrogens (tertiary/aromatic N) is 1. The van der Waals surface area contributed by atoms with E-state index in [2.05, 4.69) is 15.3 Å². The van der Waals surface area contributed by atoms with Gasteiger partial charge in [0, 0.05) is 12.5 Å². The Labute approximate surface area is 197 Å². The molecule has 3 aromatic rings. The molecule has 0 saturated heterocycles. The number of aromatic amines is 1. The summed E-state index contributed by atoms with van der Waals surface area (Å²) < 4.78 is 71.6. The molecule has 0 aliphatic rings. The van der Waals surface area contributed by atoms with Crippen LogP contribution in [0.2, 0.25) is 0 Å². The topological polar surface area (TPSA) is 84.1 Å². The zero-order chi connectivity index (χ0) is 25.9. The summed E-state index contributed by atoms with van der Waals surface area (Å²) in [4.78, 5) is 31.6. The quantitative estimate of drug-likeness (QED) is 0.462. The number of methoxy groups -OCH3 is 1. The molecule has 0 saturated carbocycles. The van der Waals surface area contributed by atoms with E-state index in [4.69, 9.17) is 4.74 Å². The van der Waals surface area contributed by atoms with Crippen molar-refractivity contribution in [2.75, 3.05) is 7.11 Å². The van der Waals surface area contributed by atoms with Crippen LogP contribution in [-0.2, 0) is 12.6 Å². The highest BCUT2D eigenvalue weighted by Gasteiger charge is 2.34. The molecular formula is C24H22F5N3O3. The number of hydrogen-bond donors (Lipinski definition) is 2. The number of rotatable bonds is 7. The number of carbonyl (C=O) groups excluding carboxylic acids is 1. The van der Waals surface area contributed by atoms with Gasteiger partial charge in [0.05, 0.1) is 18.7 Å². The van der Waals surface area contributed by atoms with Crippen molar-refractivity contribution in [2.24, 2.45) is 5.92 Å². The Bertz CT molecular complexity index is 1290. The van der Waals surface area contributed by atoms with Crippen LogP contribution in [0.1, 0.15) is 52.9 Å². The number of halogens is 5. The van der Waals surface area contributed by atoms with Gasteiger partial charge in [-0.3, -0.25) is 9.59 Å². The largest absolute Gasteiger partial charge is 0.494 e. The maximum atomic E-state index is 14.1. The number of hydrogen-bond acceptors (Lipinski definition) is 4. The van der Waals surface area contributed by atoms with E-state index in [9.17, 15) is 31.5 Å². The van der Waals surface area contributed by atoms with Gasteiger partial charge in [0.2, 0.25) is 0 Å². The van der Waals surface area contributed by atoms with Crippen LogP contribution < -0.4 is 15.6 Å². The van der Waals surface area contributed by atoms with Gasteiger partial charge in [0.25, 0.3) is 11.5 Å². The van der Waals surface area contributed by atoms with Crippen molar-refractivity contribution >= 4 is 5.91 Å². The molecule has 0 spiro atoms. The second-order valence-electron chi connectivity index (χ2n) is 8.16. The number of benzene rings is 2. The van der Waals surface area contributed by atoms with Crippen LogP contribution in [0.15, 0.2) is 47.3 Å². The number of nitrogens with one attached hydrogen (secondary N) is 2. The molecule has 1 aromatic heterocycles. The first kappa shape index (κ1) is 25.9. The zero-order valence-electron chi connectivity index (χ0n) is 19.0. The predicted molar refractivity (Wildman–Crippen MR) is 117 cm³/mol. The number of alkyl halides is 3. The van der Waals surface area contributed by atoms with Crippen molar-refractivity contribution in [3.05, 3.63) is 92.7 Å². The van der Waals surface area contributed by atoms with Gasteiger partial charge < -0.3 is 15.0 Å². The van der Waals surface area contributed by atoms with Gasteiger partial charge in [-0.2, -0.15) is 13.2 Å². The minimum atomic E-state index is -4.85. The summed E-state index contributed by atoms with van der Waals surface area (Å²) in [7, 11) is 1.32. The van der Waals surface area contributed by atoms with E-state index < -0.39 is 40.9 Å². The first-order chi connectivity index (χ1) is 16.4. The highest BCUT2D eigenvalue weighted by Crippen LogP contribution is 2.33. The lowest BCUT2D eigenvalue weighted by Gasteiger charge is -2.23. The molecule has 1 heterocycles. The fourth-order valence-electron chi connectivity index (χ4n) is 3.53. The third kappa shape index (κ3) is 6.23. The van der Waals surface area contributed by atoms with E-state index in [0.717, 1.165) is 18.2 Å². The Balaban J connectivity index is 1.85. The fourth-order valence-corrected chi connectivity index (χ4v) is 3.53. The summed E-state index contributed by atoms with van der Waals surface area (Å²) in [6.45, 7) is 3.38. The van der Waals surface area contributed by atoms with Gasteiger partial charge in [-0.25, -0.2) is 13.8 Å². The number of ether oxygens (including phenoxy) is 1.